The molecule has 2 atom stereocenters. The maximum atomic E-state index is 11.9. The Hall–Kier alpha value is -0.570. The van der Waals surface area contributed by atoms with Gasteiger partial charge in [0.15, 0.2) is 0 Å². The monoisotopic (exact) mass is 253 g/mol. The summed E-state index contributed by atoms with van der Waals surface area (Å²) >= 11 is 0. The average Bonchev–Trinajstić information content (AvgIpc) is 2.90. The summed E-state index contributed by atoms with van der Waals surface area (Å²) < 4.78 is 0. The van der Waals surface area contributed by atoms with Gasteiger partial charge in [-0.15, -0.1) is 0 Å². The largest absolute Gasteiger partial charge is 0.396 e. The number of hydrogen-bond acceptors (Lipinski definition) is 2. The SMILES string of the molecule is O=C(CCC1CCCC1)NC1CCCCC1CO. The van der Waals surface area contributed by atoms with E-state index in [9.17, 15) is 9.90 Å². The Morgan fingerprint density at radius 2 is 1.72 bits per heavy atom. The Labute approximate surface area is 110 Å². The van der Waals surface area contributed by atoms with Crippen LogP contribution < -0.4 is 5.32 Å². The smallest absolute Gasteiger partial charge is 0.220 e. The van der Waals surface area contributed by atoms with Gasteiger partial charge in [0, 0.05) is 25.0 Å². The summed E-state index contributed by atoms with van der Waals surface area (Å²) in [5.41, 5.74) is 0. The van der Waals surface area contributed by atoms with E-state index < -0.39 is 0 Å². The highest BCUT2D eigenvalue weighted by Gasteiger charge is 2.26. The first-order valence-electron chi connectivity index (χ1n) is 7.70. The molecule has 2 N–H and O–H groups in total. The standard InChI is InChI=1S/C15H27NO2/c17-11-13-7-3-4-8-14(13)16-15(18)10-9-12-5-1-2-6-12/h12-14,17H,1-11H2,(H,16,18). The van der Waals surface area contributed by atoms with Crippen molar-refractivity contribution < 1.29 is 9.90 Å². The molecule has 18 heavy (non-hydrogen) atoms. The second kappa shape index (κ2) is 7.13. The van der Waals surface area contributed by atoms with Crippen LogP contribution >= 0.6 is 0 Å². The molecule has 2 rings (SSSR count). The van der Waals surface area contributed by atoms with Crippen LogP contribution in [0.2, 0.25) is 0 Å². The zero-order valence-corrected chi connectivity index (χ0v) is 11.4. The molecule has 0 heterocycles. The van der Waals surface area contributed by atoms with Gasteiger partial charge in [0.25, 0.3) is 0 Å². The number of hydrogen-bond donors (Lipinski definition) is 2. The second-order valence-corrected chi connectivity index (χ2v) is 6.09. The molecule has 1 amide bonds. The topological polar surface area (TPSA) is 49.3 Å². The molecule has 104 valence electrons. The van der Waals surface area contributed by atoms with Crippen molar-refractivity contribution in [1.82, 2.24) is 5.32 Å². The highest BCUT2D eigenvalue weighted by atomic mass is 16.3. The Morgan fingerprint density at radius 1 is 1.06 bits per heavy atom. The molecule has 0 aliphatic heterocycles. The lowest BCUT2D eigenvalue weighted by Crippen LogP contribution is -2.43. The van der Waals surface area contributed by atoms with Crippen LogP contribution in [0.1, 0.15) is 64.2 Å². The summed E-state index contributed by atoms with van der Waals surface area (Å²) in [6.45, 7) is 0.216. The van der Waals surface area contributed by atoms with Crippen molar-refractivity contribution in [3.05, 3.63) is 0 Å². The number of carbonyl (C=O) groups is 1. The van der Waals surface area contributed by atoms with Crippen molar-refractivity contribution in [2.45, 2.75) is 70.3 Å². The van der Waals surface area contributed by atoms with Crippen LogP contribution in [0.4, 0.5) is 0 Å². The van der Waals surface area contributed by atoms with Crippen LogP contribution in [0.25, 0.3) is 0 Å². The Balaban J connectivity index is 1.68. The van der Waals surface area contributed by atoms with Crippen molar-refractivity contribution in [3.63, 3.8) is 0 Å². The van der Waals surface area contributed by atoms with Crippen LogP contribution in [0.5, 0.6) is 0 Å². The van der Waals surface area contributed by atoms with Crippen molar-refractivity contribution in [1.29, 1.82) is 0 Å². The van der Waals surface area contributed by atoms with E-state index in [0.29, 0.717) is 6.42 Å². The summed E-state index contributed by atoms with van der Waals surface area (Å²) in [4.78, 5) is 11.9. The van der Waals surface area contributed by atoms with Gasteiger partial charge in [-0.2, -0.15) is 0 Å². The molecule has 2 aliphatic rings. The number of carbonyl (C=O) groups excluding carboxylic acids is 1. The van der Waals surface area contributed by atoms with Crippen LogP contribution in [-0.4, -0.2) is 23.7 Å². The minimum atomic E-state index is 0.201. The minimum absolute atomic E-state index is 0.201. The van der Waals surface area contributed by atoms with Gasteiger partial charge in [-0.05, 0) is 25.2 Å². The second-order valence-electron chi connectivity index (χ2n) is 6.09. The first kappa shape index (κ1) is 13.9. The van der Waals surface area contributed by atoms with Crippen molar-refractivity contribution >= 4 is 5.91 Å². The molecule has 2 fully saturated rings. The molecule has 0 saturated heterocycles. The Bertz CT molecular complexity index is 261. The van der Waals surface area contributed by atoms with E-state index in [1.807, 2.05) is 0 Å². The third-order valence-electron chi connectivity index (χ3n) is 4.74. The van der Waals surface area contributed by atoms with Gasteiger partial charge < -0.3 is 10.4 Å². The molecule has 0 aromatic heterocycles. The summed E-state index contributed by atoms with van der Waals surface area (Å²) in [7, 11) is 0. The molecule has 2 aliphatic carbocycles. The number of amides is 1. The summed E-state index contributed by atoms with van der Waals surface area (Å²) in [6, 6.07) is 0.222. The number of nitrogens with one attached hydrogen (secondary N) is 1. The molecule has 3 nitrogen and oxygen atoms in total. The van der Waals surface area contributed by atoms with E-state index in [1.54, 1.807) is 0 Å². The van der Waals surface area contributed by atoms with Gasteiger partial charge in [0.1, 0.15) is 0 Å². The van der Waals surface area contributed by atoms with Crippen molar-refractivity contribution in [2.24, 2.45) is 11.8 Å². The average molecular weight is 253 g/mol. The molecule has 0 radical (unpaired) electrons. The fraction of sp³-hybridized carbons (Fsp3) is 0.933. The zero-order chi connectivity index (χ0) is 12.8. The van der Waals surface area contributed by atoms with E-state index in [1.165, 1.54) is 38.5 Å². The van der Waals surface area contributed by atoms with Crippen LogP contribution in [0, 0.1) is 11.8 Å². The molecule has 0 spiro atoms. The fourth-order valence-electron chi connectivity index (χ4n) is 3.53. The van der Waals surface area contributed by atoms with Gasteiger partial charge in [-0.25, -0.2) is 0 Å². The van der Waals surface area contributed by atoms with Crippen molar-refractivity contribution in [3.8, 4) is 0 Å². The normalized spacial score (nSPS) is 29.4. The summed E-state index contributed by atoms with van der Waals surface area (Å²) in [5.74, 6) is 1.28. The van der Waals surface area contributed by atoms with E-state index >= 15 is 0 Å². The molecule has 0 aromatic carbocycles. The van der Waals surface area contributed by atoms with Crippen molar-refractivity contribution in [2.75, 3.05) is 6.61 Å². The number of aliphatic hydroxyl groups excluding tert-OH is 1. The molecule has 0 aromatic rings. The quantitative estimate of drug-likeness (QED) is 0.791. The number of aliphatic hydroxyl groups is 1. The van der Waals surface area contributed by atoms with Gasteiger partial charge >= 0.3 is 0 Å². The lowest BCUT2D eigenvalue weighted by molar-refractivity contribution is -0.122. The molecule has 2 saturated carbocycles. The van der Waals surface area contributed by atoms with Gasteiger partial charge in [-0.3, -0.25) is 4.79 Å². The maximum absolute atomic E-state index is 11.9. The lowest BCUT2D eigenvalue weighted by Gasteiger charge is -2.31. The van der Waals surface area contributed by atoms with Gasteiger partial charge in [0.2, 0.25) is 5.91 Å². The minimum Gasteiger partial charge on any atom is -0.396 e. The summed E-state index contributed by atoms with van der Waals surface area (Å²) in [5, 5.41) is 12.5. The molecule has 2 unspecified atom stereocenters. The first-order valence-corrected chi connectivity index (χ1v) is 7.70. The lowest BCUT2D eigenvalue weighted by atomic mass is 9.85. The number of rotatable bonds is 5. The Kier molecular flexibility index (Phi) is 5.48. The third kappa shape index (κ3) is 3.98. The van der Waals surface area contributed by atoms with Crippen LogP contribution in [0.3, 0.4) is 0 Å². The molecular weight excluding hydrogens is 226 g/mol. The highest BCUT2D eigenvalue weighted by molar-refractivity contribution is 5.76. The summed E-state index contributed by atoms with van der Waals surface area (Å²) in [6.07, 6.45) is 11.5. The predicted molar refractivity (Wildman–Crippen MR) is 72.2 cm³/mol. The Morgan fingerprint density at radius 3 is 2.44 bits per heavy atom. The fourth-order valence-corrected chi connectivity index (χ4v) is 3.53. The molecular formula is C15H27NO2. The maximum Gasteiger partial charge on any atom is 0.220 e. The van der Waals surface area contributed by atoms with Crippen LogP contribution in [0.15, 0.2) is 0 Å². The van der Waals surface area contributed by atoms with E-state index in [2.05, 4.69) is 5.32 Å². The van der Waals surface area contributed by atoms with Gasteiger partial charge in [-0.1, -0.05) is 38.5 Å². The highest BCUT2D eigenvalue weighted by Crippen LogP contribution is 2.29. The van der Waals surface area contributed by atoms with Gasteiger partial charge in [0.05, 0.1) is 0 Å². The third-order valence-corrected chi connectivity index (χ3v) is 4.74. The molecule has 3 heteroatoms. The van der Waals surface area contributed by atoms with E-state index in [0.717, 1.165) is 25.2 Å². The van der Waals surface area contributed by atoms with E-state index in [4.69, 9.17) is 0 Å². The van der Waals surface area contributed by atoms with Crippen LogP contribution in [-0.2, 0) is 4.79 Å². The van der Waals surface area contributed by atoms with E-state index in [-0.39, 0.29) is 24.5 Å². The first-order chi connectivity index (χ1) is 8.79. The predicted octanol–water partition coefficient (Wildman–Crippen LogP) is 2.62. The zero-order valence-electron chi connectivity index (χ0n) is 11.4. The molecule has 0 bridgehead atoms.